The lowest BCUT2D eigenvalue weighted by Crippen LogP contribution is -2.42. The lowest BCUT2D eigenvalue weighted by Gasteiger charge is -2.28. The van der Waals surface area contributed by atoms with Gasteiger partial charge in [0.05, 0.1) is 28.4 Å². The molecule has 0 aliphatic carbocycles. The van der Waals surface area contributed by atoms with E-state index in [1.807, 2.05) is 79.7 Å². The molecule has 0 saturated heterocycles. The van der Waals surface area contributed by atoms with Crippen molar-refractivity contribution in [2.24, 2.45) is 4.99 Å². The standard InChI is InChI=1S/C45H41Cl2N3O5S/c1-5-9-21-35(7-3)50-44(53)36(25-31-24-34(16-6-2)42(39(27-31)54-8-4)55-28-30-22-23-37(46)38(47)26-30)43(52)49-45(50)56-29-40(51)48-41(32-17-12-10-13-18-32)33-19-14-11-15-20-33/h5-7,9-15,17-27,41H,1-2,8,16,28-29H2,3-4H3,(H,48,51)/b21-9-,35-7+,36-25+. The van der Waals surface area contributed by atoms with Gasteiger partial charge in [-0.15, -0.1) is 6.58 Å². The van der Waals surface area contributed by atoms with E-state index in [0.717, 1.165) is 34.0 Å². The van der Waals surface area contributed by atoms with Crippen LogP contribution in [0, 0.1) is 0 Å². The molecule has 0 spiro atoms. The molecular weight excluding hydrogens is 765 g/mol. The third-order valence-electron chi connectivity index (χ3n) is 8.41. The van der Waals surface area contributed by atoms with Crippen LogP contribution in [-0.2, 0) is 27.4 Å². The number of halogens is 2. The maximum atomic E-state index is 14.4. The molecule has 1 aliphatic rings. The molecule has 0 unspecified atom stereocenters. The Balaban J connectivity index is 1.46. The van der Waals surface area contributed by atoms with Gasteiger partial charge in [-0.2, -0.15) is 4.99 Å². The number of amidine groups is 1. The predicted octanol–water partition coefficient (Wildman–Crippen LogP) is 10.1. The topological polar surface area (TPSA) is 97.3 Å². The average molecular weight is 807 g/mol. The largest absolute Gasteiger partial charge is 0.490 e. The zero-order valence-corrected chi connectivity index (χ0v) is 33.4. The summed E-state index contributed by atoms with van der Waals surface area (Å²) in [5.41, 5.74) is 4.14. The summed E-state index contributed by atoms with van der Waals surface area (Å²) in [5.74, 6) is -0.856. The Morgan fingerprint density at radius 2 is 1.64 bits per heavy atom. The van der Waals surface area contributed by atoms with E-state index in [-0.39, 0.29) is 29.0 Å². The zero-order valence-electron chi connectivity index (χ0n) is 31.0. The molecule has 3 amide bonds. The van der Waals surface area contributed by atoms with Crippen molar-refractivity contribution in [2.45, 2.75) is 32.9 Å². The number of thioether (sulfide) groups is 1. The second-order valence-corrected chi connectivity index (χ2v) is 14.0. The Kier molecular flexibility index (Phi) is 15.1. The van der Waals surface area contributed by atoms with Gasteiger partial charge >= 0.3 is 0 Å². The molecule has 0 radical (unpaired) electrons. The number of hydrogen-bond donors (Lipinski definition) is 1. The van der Waals surface area contributed by atoms with Crippen molar-refractivity contribution >= 4 is 63.9 Å². The molecule has 11 heteroatoms. The van der Waals surface area contributed by atoms with Crippen molar-refractivity contribution in [3.63, 3.8) is 0 Å². The molecule has 0 aromatic heterocycles. The number of carbonyl (C=O) groups excluding carboxylic acids is 3. The van der Waals surface area contributed by atoms with Crippen molar-refractivity contribution in [1.29, 1.82) is 0 Å². The summed E-state index contributed by atoms with van der Waals surface area (Å²) in [6.07, 6.45) is 10.3. The minimum atomic E-state index is -0.744. The quantitative estimate of drug-likeness (QED) is 0.0524. The summed E-state index contributed by atoms with van der Waals surface area (Å²) in [6, 6.07) is 27.7. The fraction of sp³-hybridized carbons (Fsp3) is 0.156. The monoisotopic (exact) mass is 805 g/mol. The third-order valence-corrected chi connectivity index (χ3v) is 10.1. The highest BCUT2D eigenvalue weighted by molar-refractivity contribution is 8.14. The van der Waals surface area contributed by atoms with E-state index in [0.29, 0.717) is 45.8 Å². The highest BCUT2D eigenvalue weighted by Crippen LogP contribution is 2.37. The highest BCUT2D eigenvalue weighted by atomic mass is 35.5. The van der Waals surface area contributed by atoms with Crippen LogP contribution >= 0.6 is 35.0 Å². The molecule has 1 N–H and O–H groups in total. The van der Waals surface area contributed by atoms with Crippen LogP contribution in [0.5, 0.6) is 11.5 Å². The first-order valence-electron chi connectivity index (χ1n) is 17.8. The smallest absolute Gasteiger partial charge is 0.285 e. The van der Waals surface area contributed by atoms with Crippen LogP contribution in [0.3, 0.4) is 0 Å². The van der Waals surface area contributed by atoms with Crippen LogP contribution in [-0.4, -0.2) is 40.1 Å². The average Bonchev–Trinajstić information content (AvgIpc) is 3.20. The van der Waals surface area contributed by atoms with E-state index < -0.39 is 17.9 Å². The highest BCUT2D eigenvalue weighted by Gasteiger charge is 2.35. The number of aliphatic imine (C=N–C) groups is 1. The van der Waals surface area contributed by atoms with Crippen molar-refractivity contribution in [3.8, 4) is 11.5 Å². The minimum Gasteiger partial charge on any atom is -0.490 e. The van der Waals surface area contributed by atoms with Gasteiger partial charge in [-0.3, -0.25) is 19.3 Å². The van der Waals surface area contributed by atoms with E-state index in [4.69, 9.17) is 32.7 Å². The maximum Gasteiger partial charge on any atom is 0.285 e. The zero-order chi connectivity index (χ0) is 40.0. The van der Waals surface area contributed by atoms with E-state index in [1.165, 1.54) is 11.0 Å². The molecule has 1 heterocycles. The van der Waals surface area contributed by atoms with E-state index in [1.54, 1.807) is 55.5 Å². The van der Waals surface area contributed by atoms with Crippen LogP contribution in [0.1, 0.15) is 47.7 Å². The fourth-order valence-electron chi connectivity index (χ4n) is 5.85. The van der Waals surface area contributed by atoms with E-state index in [9.17, 15) is 14.4 Å². The minimum absolute atomic E-state index is 0.0680. The van der Waals surface area contributed by atoms with Gasteiger partial charge in [0.1, 0.15) is 12.2 Å². The van der Waals surface area contributed by atoms with Gasteiger partial charge in [0.15, 0.2) is 16.7 Å². The molecule has 56 heavy (non-hydrogen) atoms. The predicted molar refractivity (Wildman–Crippen MR) is 228 cm³/mol. The Morgan fingerprint density at radius 1 is 0.946 bits per heavy atom. The Hall–Kier alpha value is -5.61. The lowest BCUT2D eigenvalue weighted by atomic mass is 9.99. The molecule has 5 rings (SSSR count). The van der Waals surface area contributed by atoms with Crippen LogP contribution in [0.2, 0.25) is 10.0 Å². The summed E-state index contributed by atoms with van der Waals surface area (Å²) in [5, 5.41) is 4.03. The van der Waals surface area contributed by atoms with Crippen LogP contribution in [0.4, 0.5) is 0 Å². The number of benzene rings is 4. The second-order valence-electron chi connectivity index (χ2n) is 12.3. The van der Waals surface area contributed by atoms with Crippen molar-refractivity contribution in [2.75, 3.05) is 12.4 Å². The lowest BCUT2D eigenvalue weighted by molar-refractivity contribution is -0.126. The maximum absolute atomic E-state index is 14.4. The van der Waals surface area contributed by atoms with Crippen LogP contribution in [0.15, 0.2) is 151 Å². The van der Waals surface area contributed by atoms with Gasteiger partial charge in [0, 0.05) is 11.3 Å². The molecule has 0 atom stereocenters. The van der Waals surface area contributed by atoms with Gasteiger partial charge in [0.2, 0.25) is 5.91 Å². The normalized spacial score (nSPS) is 13.9. The van der Waals surface area contributed by atoms with E-state index in [2.05, 4.69) is 23.5 Å². The Labute approximate surface area is 341 Å². The third kappa shape index (κ3) is 10.6. The first-order valence-corrected chi connectivity index (χ1v) is 19.5. The summed E-state index contributed by atoms with van der Waals surface area (Å²) >= 11 is 13.3. The molecule has 0 saturated carbocycles. The number of allylic oxidation sites excluding steroid dienone is 5. The molecule has 0 bridgehead atoms. The second kappa shape index (κ2) is 20.3. The van der Waals surface area contributed by atoms with Crippen molar-refractivity contribution in [1.82, 2.24) is 10.2 Å². The van der Waals surface area contributed by atoms with Crippen molar-refractivity contribution < 1.29 is 23.9 Å². The number of carbonyl (C=O) groups is 3. The summed E-state index contributed by atoms with van der Waals surface area (Å²) in [4.78, 5) is 47.3. The number of ether oxygens (including phenoxy) is 2. The van der Waals surface area contributed by atoms with Gasteiger partial charge in [-0.25, -0.2) is 0 Å². The number of rotatable bonds is 16. The molecular formula is C45H41Cl2N3O5S. The molecule has 286 valence electrons. The van der Waals surface area contributed by atoms with E-state index >= 15 is 0 Å². The van der Waals surface area contributed by atoms with Crippen LogP contribution < -0.4 is 14.8 Å². The number of hydrogen-bond acceptors (Lipinski definition) is 6. The van der Waals surface area contributed by atoms with Crippen molar-refractivity contribution in [3.05, 3.63) is 184 Å². The molecule has 8 nitrogen and oxygen atoms in total. The first-order chi connectivity index (χ1) is 27.2. The summed E-state index contributed by atoms with van der Waals surface area (Å²) in [6.45, 7) is 11.8. The van der Waals surface area contributed by atoms with Gasteiger partial charge in [0.25, 0.3) is 11.8 Å². The van der Waals surface area contributed by atoms with Gasteiger partial charge in [-0.05, 0) is 78.9 Å². The molecule has 1 aliphatic heterocycles. The molecule has 4 aromatic carbocycles. The Morgan fingerprint density at radius 3 is 2.25 bits per heavy atom. The van der Waals surface area contributed by atoms with Gasteiger partial charge in [-0.1, -0.05) is 133 Å². The number of amides is 3. The summed E-state index contributed by atoms with van der Waals surface area (Å²) < 4.78 is 12.3. The van der Waals surface area contributed by atoms with Crippen LogP contribution in [0.25, 0.3) is 6.08 Å². The molecule has 0 fully saturated rings. The fourth-order valence-corrected chi connectivity index (χ4v) is 6.97. The number of nitrogens with zero attached hydrogens (tertiary/aromatic N) is 2. The van der Waals surface area contributed by atoms with Gasteiger partial charge < -0.3 is 14.8 Å². The molecule has 4 aromatic rings. The number of nitrogens with one attached hydrogen (secondary N) is 1. The SMILES string of the molecule is C=C/C=C\C(=C/C)N1C(=O)/C(=C/c2cc(CC=C)c(OCc3ccc(Cl)c(Cl)c3)c(OCC)c2)C(=O)N=C1SCC(=O)NC(c1ccccc1)c1ccccc1. The first kappa shape index (κ1) is 41.6. The summed E-state index contributed by atoms with van der Waals surface area (Å²) in [7, 11) is 0. The Bertz CT molecular complexity index is 2180.